The fraction of sp³-hybridized carbons (Fsp3) is 0.148. The van der Waals surface area contributed by atoms with E-state index in [0.717, 1.165) is 29.7 Å². The first-order valence-electron chi connectivity index (χ1n) is 11.1. The molecule has 6 heteroatoms. The zero-order chi connectivity index (χ0) is 22.2. The standard InChI is InChI=1S/C27H21N3O2S/c31-26(28-21-13-6-11-17-8-4-5-12-19(17)21)20-16-22(23-14-7-15-33-23)29-27-24(20)25(30-32-27)18-9-2-1-3-10-18/h1-5,7-10,12,14-16,21H,6,11,13H2,(H,28,31)/t21-/m0/s1. The Morgan fingerprint density at radius 3 is 2.73 bits per heavy atom. The van der Waals surface area contributed by atoms with Crippen molar-refractivity contribution in [1.29, 1.82) is 0 Å². The van der Waals surface area contributed by atoms with Gasteiger partial charge in [-0.1, -0.05) is 65.8 Å². The number of hydrogen-bond donors (Lipinski definition) is 1. The summed E-state index contributed by atoms with van der Waals surface area (Å²) in [7, 11) is 0. The van der Waals surface area contributed by atoms with E-state index in [-0.39, 0.29) is 11.9 Å². The van der Waals surface area contributed by atoms with Crippen LogP contribution in [0.2, 0.25) is 0 Å². The Hall–Kier alpha value is -3.77. The molecule has 0 saturated heterocycles. The van der Waals surface area contributed by atoms with Crippen LogP contribution in [0.15, 0.2) is 82.7 Å². The van der Waals surface area contributed by atoms with Crippen LogP contribution >= 0.6 is 11.3 Å². The molecule has 0 spiro atoms. The van der Waals surface area contributed by atoms with Crippen LogP contribution in [0.4, 0.5) is 0 Å². The molecule has 33 heavy (non-hydrogen) atoms. The summed E-state index contributed by atoms with van der Waals surface area (Å²) in [4.78, 5) is 19.4. The predicted octanol–water partition coefficient (Wildman–Crippen LogP) is 6.43. The largest absolute Gasteiger partial charge is 0.345 e. The number of nitrogens with one attached hydrogen (secondary N) is 1. The molecule has 162 valence electrons. The van der Waals surface area contributed by atoms with Gasteiger partial charge in [-0.05, 0) is 47.9 Å². The van der Waals surface area contributed by atoms with Gasteiger partial charge in [0.05, 0.1) is 27.6 Å². The van der Waals surface area contributed by atoms with Crippen LogP contribution in [0.25, 0.3) is 32.9 Å². The summed E-state index contributed by atoms with van der Waals surface area (Å²) in [6, 6.07) is 23.9. The molecule has 5 aromatic rings. The van der Waals surface area contributed by atoms with Crippen molar-refractivity contribution in [3.8, 4) is 21.8 Å². The molecule has 3 aromatic heterocycles. The molecule has 0 bridgehead atoms. The number of rotatable bonds is 4. The maximum absolute atomic E-state index is 13.7. The van der Waals surface area contributed by atoms with E-state index < -0.39 is 0 Å². The third kappa shape index (κ3) is 3.62. The molecule has 0 radical (unpaired) electrons. The second kappa shape index (κ2) is 8.30. The van der Waals surface area contributed by atoms with Crippen molar-refractivity contribution in [2.75, 3.05) is 0 Å². The van der Waals surface area contributed by atoms with Gasteiger partial charge in [-0.15, -0.1) is 11.3 Å². The number of aryl methyl sites for hydroxylation is 1. The van der Waals surface area contributed by atoms with E-state index >= 15 is 0 Å². The van der Waals surface area contributed by atoms with E-state index in [2.05, 4.69) is 28.7 Å². The Bertz CT molecular complexity index is 1440. The first-order valence-corrected chi connectivity index (χ1v) is 11.9. The highest BCUT2D eigenvalue weighted by Gasteiger charge is 2.26. The normalized spacial score (nSPS) is 15.3. The highest BCUT2D eigenvalue weighted by Crippen LogP contribution is 2.35. The maximum Gasteiger partial charge on any atom is 0.259 e. The topological polar surface area (TPSA) is 68.0 Å². The molecule has 1 N–H and O–H groups in total. The lowest BCUT2D eigenvalue weighted by Crippen LogP contribution is -2.31. The lowest BCUT2D eigenvalue weighted by atomic mass is 9.87. The van der Waals surface area contributed by atoms with Gasteiger partial charge < -0.3 is 9.84 Å². The van der Waals surface area contributed by atoms with Gasteiger partial charge in [-0.2, -0.15) is 0 Å². The summed E-state index contributed by atoms with van der Waals surface area (Å²) in [5.74, 6) is -0.137. The zero-order valence-electron chi connectivity index (χ0n) is 17.8. The molecule has 0 aliphatic heterocycles. The molecule has 0 saturated carbocycles. The molecule has 1 amide bonds. The summed E-state index contributed by atoms with van der Waals surface area (Å²) < 4.78 is 5.64. The van der Waals surface area contributed by atoms with Crippen LogP contribution in [0, 0.1) is 0 Å². The van der Waals surface area contributed by atoms with Gasteiger partial charge >= 0.3 is 0 Å². The van der Waals surface area contributed by atoms with Crippen LogP contribution < -0.4 is 5.32 Å². The molecular formula is C27H21N3O2S. The van der Waals surface area contributed by atoms with E-state index in [4.69, 9.17) is 9.51 Å². The average Bonchev–Trinajstić information content (AvgIpc) is 3.55. The number of pyridine rings is 1. The molecule has 1 atom stereocenters. The van der Waals surface area contributed by atoms with Crippen molar-refractivity contribution in [3.63, 3.8) is 0 Å². The van der Waals surface area contributed by atoms with E-state index in [0.29, 0.717) is 28.1 Å². The first kappa shape index (κ1) is 19.9. The number of carbonyl (C=O) groups excluding carboxylic acids is 1. The second-order valence-corrected chi connectivity index (χ2v) is 9.17. The van der Waals surface area contributed by atoms with Gasteiger partial charge in [0, 0.05) is 5.56 Å². The average molecular weight is 452 g/mol. The number of nitrogens with zero attached hydrogens (tertiary/aromatic N) is 2. The summed E-state index contributed by atoms with van der Waals surface area (Å²) in [5.41, 5.74) is 5.64. The highest BCUT2D eigenvalue weighted by molar-refractivity contribution is 7.13. The summed E-state index contributed by atoms with van der Waals surface area (Å²) in [6.07, 6.45) is 3.02. The summed E-state index contributed by atoms with van der Waals surface area (Å²) >= 11 is 1.58. The van der Waals surface area contributed by atoms with Gasteiger partial charge in [-0.3, -0.25) is 4.79 Å². The molecule has 5 nitrogen and oxygen atoms in total. The van der Waals surface area contributed by atoms with Crippen molar-refractivity contribution in [1.82, 2.24) is 15.5 Å². The molecule has 0 fully saturated rings. The minimum absolute atomic E-state index is 0.0177. The van der Waals surface area contributed by atoms with Gasteiger partial charge in [0.2, 0.25) is 0 Å². The number of thiophene rings is 1. The van der Waals surface area contributed by atoms with Crippen LogP contribution in [-0.4, -0.2) is 16.0 Å². The Morgan fingerprint density at radius 2 is 1.88 bits per heavy atom. The number of fused-ring (bicyclic) bond motifs is 2. The van der Waals surface area contributed by atoms with Gasteiger partial charge in [0.15, 0.2) is 0 Å². The van der Waals surface area contributed by atoms with E-state index in [1.807, 2.05) is 60.0 Å². The molecule has 6 rings (SSSR count). The number of hydrogen-bond acceptors (Lipinski definition) is 5. The monoisotopic (exact) mass is 451 g/mol. The molecular weight excluding hydrogens is 430 g/mol. The van der Waals surface area contributed by atoms with Crippen LogP contribution in [0.1, 0.15) is 40.4 Å². The Morgan fingerprint density at radius 1 is 1.03 bits per heavy atom. The van der Waals surface area contributed by atoms with E-state index in [9.17, 15) is 4.79 Å². The lowest BCUT2D eigenvalue weighted by Gasteiger charge is -2.26. The highest BCUT2D eigenvalue weighted by atomic mass is 32.1. The van der Waals surface area contributed by atoms with Crippen molar-refractivity contribution in [2.45, 2.75) is 25.3 Å². The van der Waals surface area contributed by atoms with Crippen LogP contribution in [0.5, 0.6) is 0 Å². The molecule has 2 aromatic carbocycles. The Kier molecular flexibility index (Phi) is 5.00. The second-order valence-electron chi connectivity index (χ2n) is 8.23. The van der Waals surface area contributed by atoms with Gasteiger partial charge in [0.1, 0.15) is 5.69 Å². The molecule has 1 aliphatic rings. The van der Waals surface area contributed by atoms with Gasteiger partial charge in [0.25, 0.3) is 11.6 Å². The third-order valence-corrected chi connectivity index (χ3v) is 7.08. The summed E-state index contributed by atoms with van der Waals surface area (Å²) in [5, 5.41) is 10.2. The lowest BCUT2D eigenvalue weighted by molar-refractivity contribution is 0.0934. The smallest absolute Gasteiger partial charge is 0.259 e. The third-order valence-electron chi connectivity index (χ3n) is 6.19. The van der Waals surface area contributed by atoms with Crippen LogP contribution in [0.3, 0.4) is 0 Å². The first-order chi connectivity index (χ1) is 16.3. The Labute approximate surface area is 195 Å². The summed E-state index contributed by atoms with van der Waals surface area (Å²) in [6.45, 7) is 0. The SMILES string of the molecule is O=C(N[C@H]1CCCc2ccccc21)c1cc(-c2cccs2)nc2onc(-c3ccccc3)c12. The molecule has 1 aliphatic carbocycles. The minimum Gasteiger partial charge on any atom is -0.345 e. The quantitative estimate of drug-likeness (QED) is 0.342. The van der Waals surface area contributed by atoms with Crippen molar-refractivity contribution >= 4 is 28.3 Å². The number of aromatic nitrogens is 2. The number of benzene rings is 2. The van der Waals surface area contributed by atoms with Crippen molar-refractivity contribution in [3.05, 3.63) is 94.9 Å². The predicted molar refractivity (Wildman–Crippen MR) is 130 cm³/mol. The van der Waals surface area contributed by atoms with Crippen LogP contribution in [-0.2, 0) is 6.42 Å². The fourth-order valence-electron chi connectivity index (χ4n) is 4.61. The number of amides is 1. The molecule has 3 heterocycles. The van der Waals surface area contributed by atoms with E-state index in [1.165, 1.54) is 11.1 Å². The maximum atomic E-state index is 13.7. The number of carbonyl (C=O) groups is 1. The minimum atomic E-state index is -0.137. The fourth-order valence-corrected chi connectivity index (χ4v) is 5.30. The molecule has 0 unspecified atom stereocenters. The zero-order valence-corrected chi connectivity index (χ0v) is 18.6. The van der Waals surface area contributed by atoms with Crippen molar-refractivity contribution in [2.24, 2.45) is 0 Å². The van der Waals surface area contributed by atoms with Crippen molar-refractivity contribution < 1.29 is 9.32 Å². The van der Waals surface area contributed by atoms with E-state index in [1.54, 1.807) is 11.3 Å². The van der Waals surface area contributed by atoms with Gasteiger partial charge in [-0.25, -0.2) is 4.98 Å². The Balaban J connectivity index is 1.47.